The molecule has 0 unspecified atom stereocenters. The van der Waals surface area contributed by atoms with Gasteiger partial charge in [-0.1, -0.05) is 84.1 Å². The van der Waals surface area contributed by atoms with Crippen molar-refractivity contribution in [2.24, 2.45) is 0 Å². The summed E-state index contributed by atoms with van der Waals surface area (Å²) in [6.07, 6.45) is 0. The van der Waals surface area contributed by atoms with E-state index >= 15 is 0 Å². The fourth-order valence-corrected chi connectivity index (χ4v) is 7.81. The van der Waals surface area contributed by atoms with Crippen molar-refractivity contribution in [1.82, 2.24) is 24.9 Å². The Morgan fingerprint density at radius 3 is 1.45 bits per heavy atom. The predicted molar refractivity (Wildman–Crippen MR) is 218 cm³/mol. The van der Waals surface area contributed by atoms with E-state index in [9.17, 15) is 0 Å². The molecule has 0 atom stereocenters. The molecule has 6 aromatic rings. The SMILES string of the molecule is CC(C)N1Cc2ccccc2-c2c([n+](C(C)C)nn2C(C)C)-c2ccccc21.CC(C)N1Cc2ccccc2-c2c(nnn2C(C)C)-c2ccccc21. The van der Waals surface area contributed by atoms with Crippen LogP contribution >= 0.6 is 0 Å². The quantitative estimate of drug-likeness (QED) is 0.167. The number of hydrogen-bond donors (Lipinski definition) is 0. The van der Waals surface area contributed by atoms with E-state index < -0.39 is 0 Å². The van der Waals surface area contributed by atoms with Crippen LogP contribution in [0.1, 0.15) is 98.5 Å². The largest absolute Gasteiger partial charge is 0.364 e. The number of para-hydroxylation sites is 2. The van der Waals surface area contributed by atoms with Gasteiger partial charge in [-0.3, -0.25) is 0 Å². The van der Waals surface area contributed by atoms with Crippen molar-refractivity contribution >= 4 is 11.4 Å². The second-order valence-electron chi connectivity index (χ2n) is 15.8. The molecule has 0 saturated heterocycles. The minimum atomic E-state index is 0.261. The van der Waals surface area contributed by atoms with E-state index in [1.807, 2.05) is 0 Å². The van der Waals surface area contributed by atoms with Crippen molar-refractivity contribution in [3.05, 3.63) is 108 Å². The van der Waals surface area contributed by atoms with Crippen LogP contribution in [0.2, 0.25) is 0 Å². The molecule has 0 saturated carbocycles. The summed E-state index contributed by atoms with van der Waals surface area (Å²) in [6.45, 7) is 24.0. The molecule has 4 heterocycles. The fraction of sp³-hybridized carbons (Fsp3) is 0.378. The molecular formula is C45H55N8+. The maximum absolute atomic E-state index is 5.06. The topological polar surface area (TPSA) is 58.9 Å². The van der Waals surface area contributed by atoms with Crippen LogP contribution in [0.15, 0.2) is 97.1 Å². The van der Waals surface area contributed by atoms with Crippen molar-refractivity contribution in [2.45, 2.75) is 113 Å². The van der Waals surface area contributed by atoms with E-state index in [0.29, 0.717) is 12.1 Å². The number of fused-ring (bicyclic) bond motifs is 10. The molecule has 8 nitrogen and oxygen atoms in total. The van der Waals surface area contributed by atoms with Crippen LogP contribution in [0.5, 0.6) is 0 Å². The van der Waals surface area contributed by atoms with Gasteiger partial charge in [-0.25, -0.2) is 4.68 Å². The van der Waals surface area contributed by atoms with E-state index in [1.165, 1.54) is 50.6 Å². The first-order valence-electron chi connectivity index (χ1n) is 19.4. The van der Waals surface area contributed by atoms with E-state index in [-0.39, 0.29) is 18.1 Å². The van der Waals surface area contributed by atoms with Crippen LogP contribution in [0.3, 0.4) is 0 Å². The van der Waals surface area contributed by atoms with E-state index in [4.69, 9.17) is 5.21 Å². The molecule has 0 aliphatic carbocycles. The molecule has 0 radical (unpaired) electrons. The van der Waals surface area contributed by atoms with Crippen LogP contribution in [0, 0.1) is 0 Å². The first-order chi connectivity index (χ1) is 25.5. The van der Waals surface area contributed by atoms with Crippen molar-refractivity contribution in [3.8, 4) is 45.0 Å². The Balaban J connectivity index is 0.000000165. The van der Waals surface area contributed by atoms with Gasteiger partial charge in [0, 0.05) is 59.3 Å². The highest BCUT2D eigenvalue weighted by Gasteiger charge is 2.36. The molecule has 0 fully saturated rings. The van der Waals surface area contributed by atoms with E-state index in [0.717, 1.165) is 30.0 Å². The van der Waals surface area contributed by atoms with Gasteiger partial charge >= 0.3 is 0 Å². The van der Waals surface area contributed by atoms with Gasteiger partial charge in [0.25, 0.3) is 0 Å². The third-order valence-electron chi connectivity index (χ3n) is 10.4. The zero-order valence-electron chi connectivity index (χ0n) is 33.1. The summed E-state index contributed by atoms with van der Waals surface area (Å²) < 4.78 is 6.46. The lowest BCUT2D eigenvalue weighted by Crippen LogP contribution is -2.41. The zero-order valence-corrected chi connectivity index (χ0v) is 33.1. The molecule has 274 valence electrons. The van der Waals surface area contributed by atoms with Crippen molar-refractivity contribution in [3.63, 3.8) is 0 Å². The Hall–Kier alpha value is -5.24. The first-order valence-corrected chi connectivity index (χ1v) is 19.4. The van der Waals surface area contributed by atoms with E-state index in [2.05, 4.69) is 200 Å². The van der Waals surface area contributed by atoms with Crippen molar-refractivity contribution in [1.29, 1.82) is 0 Å². The summed E-state index contributed by atoms with van der Waals surface area (Å²) in [5, 5.41) is 14.2. The zero-order chi connectivity index (χ0) is 37.6. The highest BCUT2D eigenvalue weighted by molar-refractivity contribution is 5.89. The van der Waals surface area contributed by atoms with Gasteiger partial charge in [0.1, 0.15) is 17.8 Å². The van der Waals surface area contributed by atoms with Gasteiger partial charge in [0.15, 0.2) is 0 Å². The lowest BCUT2D eigenvalue weighted by Gasteiger charge is -2.33. The molecule has 0 N–H and O–H groups in total. The van der Waals surface area contributed by atoms with Gasteiger partial charge in [0.2, 0.25) is 11.4 Å². The Labute approximate surface area is 315 Å². The second kappa shape index (κ2) is 14.6. The van der Waals surface area contributed by atoms with Gasteiger partial charge in [-0.05, 0) is 98.6 Å². The third-order valence-corrected chi connectivity index (χ3v) is 10.4. The molecular weight excluding hydrogens is 653 g/mol. The Morgan fingerprint density at radius 1 is 0.491 bits per heavy atom. The first kappa shape index (κ1) is 36.1. The van der Waals surface area contributed by atoms with Crippen LogP contribution < -0.4 is 14.5 Å². The highest BCUT2D eigenvalue weighted by atomic mass is 15.5. The molecule has 53 heavy (non-hydrogen) atoms. The maximum Gasteiger partial charge on any atom is 0.208 e. The van der Waals surface area contributed by atoms with E-state index in [1.54, 1.807) is 0 Å². The molecule has 8 heteroatoms. The van der Waals surface area contributed by atoms with Crippen LogP contribution in [-0.4, -0.2) is 37.0 Å². The molecule has 0 spiro atoms. The highest BCUT2D eigenvalue weighted by Crippen LogP contribution is 2.43. The van der Waals surface area contributed by atoms with Gasteiger partial charge in [-0.15, -0.1) is 14.5 Å². The lowest BCUT2D eigenvalue weighted by molar-refractivity contribution is -0.763. The molecule has 0 bridgehead atoms. The summed E-state index contributed by atoms with van der Waals surface area (Å²) in [4.78, 5) is 4.96. The van der Waals surface area contributed by atoms with Crippen molar-refractivity contribution < 1.29 is 4.68 Å². The van der Waals surface area contributed by atoms with Crippen LogP contribution in [0.4, 0.5) is 11.4 Å². The van der Waals surface area contributed by atoms with Gasteiger partial charge in [-0.2, -0.15) is 0 Å². The molecule has 2 aliphatic heterocycles. The van der Waals surface area contributed by atoms with Crippen LogP contribution in [0.25, 0.3) is 45.0 Å². The summed E-state index contributed by atoms with van der Waals surface area (Å²) in [5.74, 6) is 0. The van der Waals surface area contributed by atoms with Crippen LogP contribution in [-0.2, 0) is 13.1 Å². The number of benzene rings is 4. The molecule has 8 rings (SSSR count). The smallest absolute Gasteiger partial charge is 0.208 e. The number of anilines is 2. The maximum atomic E-state index is 5.06. The second-order valence-corrected chi connectivity index (χ2v) is 15.8. The monoisotopic (exact) mass is 707 g/mol. The summed E-state index contributed by atoms with van der Waals surface area (Å²) in [6, 6.07) is 36.4. The third kappa shape index (κ3) is 6.53. The fourth-order valence-electron chi connectivity index (χ4n) is 7.81. The standard InChI is InChI=1S/C24H31N4.C21H24N4/c1-16(2)26-15-19-11-7-8-12-20(19)23-24(21-13-9-10-14-22(21)26)28(18(5)6)25-27(23)17(3)4;1-14(2)24-13-16-9-5-6-10-17(16)21-20(22-23-25(21)15(3)4)18-11-7-8-12-19(18)24/h7-14,16-18H,15H2,1-6H3;5-12,14-15H,13H2,1-4H3/q+1;. The Morgan fingerprint density at radius 2 is 0.943 bits per heavy atom. The number of hydrogen-bond acceptors (Lipinski definition) is 5. The Kier molecular flexibility index (Phi) is 9.99. The van der Waals surface area contributed by atoms with Gasteiger partial charge in [0.05, 0.1) is 16.5 Å². The number of aromatic nitrogens is 6. The lowest BCUT2D eigenvalue weighted by atomic mass is 9.94. The predicted octanol–water partition coefficient (Wildman–Crippen LogP) is 10.3. The molecule has 4 aromatic carbocycles. The minimum absolute atomic E-state index is 0.261. The van der Waals surface area contributed by atoms with Gasteiger partial charge < -0.3 is 9.80 Å². The normalized spacial score (nSPS) is 13.3. The summed E-state index contributed by atoms with van der Waals surface area (Å²) in [7, 11) is 0. The Bertz CT molecular complexity index is 2220. The summed E-state index contributed by atoms with van der Waals surface area (Å²) >= 11 is 0. The average Bonchev–Trinajstić information content (AvgIpc) is 3.75. The molecule has 2 aromatic heterocycles. The average molecular weight is 708 g/mol. The molecule has 2 aliphatic rings. The summed E-state index contributed by atoms with van der Waals surface area (Å²) in [5.41, 5.74) is 14.7. The number of rotatable bonds is 5. The minimum Gasteiger partial charge on any atom is -0.364 e. The molecule has 0 amide bonds. The van der Waals surface area contributed by atoms with Crippen molar-refractivity contribution in [2.75, 3.05) is 9.80 Å². The number of nitrogens with zero attached hydrogens (tertiary/aromatic N) is 8.